The van der Waals surface area contributed by atoms with E-state index in [1.807, 2.05) is 67.6 Å². The highest BCUT2D eigenvalue weighted by Crippen LogP contribution is 2.32. The van der Waals surface area contributed by atoms with E-state index in [4.69, 9.17) is 18.9 Å². The van der Waals surface area contributed by atoms with Crippen LogP contribution in [0.3, 0.4) is 0 Å². The molecule has 8 heteroatoms. The molecule has 188 valence electrons. The highest BCUT2D eigenvalue weighted by molar-refractivity contribution is 5.99. The van der Waals surface area contributed by atoms with Gasteiger partial charge in [-0.2, -0.15) is 0 Å². The Hall–Kier alpha value is -4.20. The van der Waals surface area contributed by atoms with Crippen LogP contribution in [0.4, 0.5) is 0 Å². The van der Waals surface area contributed by atoms with E-state index in [2.05, 4.69) is 4.98 Å². The largest absolute Gasteiger partial charge is 0.493 e. The van der Waals surface area contributed by atoms with Crippen molar-refractivity contribution >= 4 is 17.7 Å². The van der Waals surface area contributed by atoms with Crippen molar-refractivity contribution < 1.29 is 33.3 Å². The maximum atomic E-state index is 13.1. The molecule has 1 heterocycles. The van der Waals surface area contributed by atoms with Gasteiger partial charge < -0.3 is 18.9 Å². The van der Waals surface area contributed by atoms with E-state index >= 15 is 0 Å². The first-order valence-electron chi connectivity index (χ1n) is 11.5. The average Bonchev–Trinajstić information content (AvgIpc) is 2.87. The molecule has 0 spiro atoms. The van der Waals surface area contributed by atoms with Gasteiger partial charge in [-0.05, 0) is 24.6 Å². The summed E-state index contributed by atoms with van der Waals surface area (Å²) in [5.41, 5.74) is 0.670. The number of ether oxygens (including phenoxy) is 4. The van der Waals surface area contributed by atoms with Crippen molar-refractivity contribution in [1.29, 1.82) is 0 Å². The third-order valence-corrected chi connectivity index (χ3v) is 5.35. The number of esters is 2. The molecule has 0 aliphatic carbocycles. The lowest BCUT2D eigenvalue weighted by Crippen LogP contribution is -2.29. The first-order valence-corrected chi connectivity index (χ1v) is 11.5. The molecule has 0 fully saturated rings. The number of aromatic nitrogens is 1. The number of hydrogen-bond donors (Lipinski definition) is 0. The number of hydrogen-bond acceptors (Lipinski definition) is 8. The molecular formula is C28H29NO7. The minimum atomic E-state index is -0.800. The Kier molecular flexibility index (Phi) is 9.16. The van der Waals surface area contributed by atoms with Crippen LogP contribution in [0, 0.1) is 5.92 Å². The van der Waals surface area contributed by atoms with Crippen LogP contribution in [0.1, 0.15) is 49.3 Å². The Morgan fingerprint density at radius 1 is 0.917 bits per heavy atom. The summed E-state index contributed by atoms with van der Waals surface area (Å²) < 4.78 is 22.2. The van der Waals surface area contributed by atoms with Crippen LogP contribution in [0.25, 0.3) is 0 Å². The molecule has 0 N–H and O–H groups in total. The van der Waals surface area contributed by atoms with Gasteiger partial charge in [-0.25, -0.2) is 4.98 Å². The zero-order valence-corrected chi connectivity index (χ0v) is 20.7. The lowest BCUT2D eigenvalue weighted by atomic mass is 10.0. The Morgan fingerprint density at radius 2 is 1.56 bits per heavy atom. The van der Waals surface area contributed by atoms with E-state index < -0.39 is 35.8 Å². The number of methoxy groups -OCH3 is 1. The van der Waals surface area contributed by atoms with Gasteiger partial charge in [0.15, 0.2) is 23.3 Å². The van der Waals surface area contributed by atoms with Gasteiger partial charge in [0.2, 0.25) is 5.75 Å². The predicted octanol–water partition coefficient (Wildman–Crippen LogP) is 4.98. The summed E-state index contributed by atoms with van der Waals surface area (Å²) in [4.78, 5) is 41.7. The van der Waals surface area contributed by atoms with Gasteiger partial charge in [0.1, 0.15) is 11.9 Å². The van der Waals surface area contributed by atoms with E-state index in [9.17, 15) is 14.4 Å². The molecule has 0 aliphatic rings. The highest BCUT2D eigenvalue weighted by atomic mass is 16.6. The summed E-state index contributed by atoms with van der Waals surface area (Å²) in [5.74, 6) is -1.73. The molecule has 0 unspecified atom stereocenters. The van der Waals surface area contributed by atoms with Crippen LogP contribution >= 0.6 is 0 Å². The third kappa shape index (κ3) is 6.91. The summed E-state index contributed by atoms with van der Waals surface area (Å²) in [5, 5.41) is 0. The normalized spacial score (nSPS) is 13.1. The van der Waals surface area contributed by atoms with E-state index in [-0.39, 0.29) is 23.6 Å². The van der Waals surface area contributed by atoms with Crippen LogP contribution in [0.5, 0.6) is 17.2 Å². The quantitative estimate of drug-likeness (QED) is 0.274. The summed E-state index contributed by atoms with van der Waals surface area (Å²) in [6.45, 7) is 4.62. The molecule has 0 amide bonds. The van der Waals surface area contributed by atoms with Gasteiger partial charge >= 0.3 is 11.9 Å². The Bertz CT molecular complexity index is 1180. The number of nitrogens with zero attached hydrogens (tertiary/aromatic N) is 1. The van der Waals surface area contributed by atoms with Crippen LogP contribution < -0.4 is 14.2 Å². The minimum Gasteiger partial charge on any atom is -0.493 e. The van der Waals surface area contributed by atoms with E-state index in [0.717, 1.165) is 5.56 Å². The zero-order chi connectivity index (χ0) is 26.1. The molecule has 3 aromatic rings. The fraction of sp³-hybridized carbons (Fsp3) is 0.286. The molecule has 0 aliphatic heterocycles. The summed E-state index contributed by atoms with van der Waals surface area (Å²) in [6, 6.07) is 20.0. The summed E-state index contributed by atoms with van der Waals surface area (Å²) in [7, 11) is 1.39. The number of Topliss-reactive ketones (excluding diaryl/α,β-unsaturated/α-hetero) is 1. The highest BCUT2D eigenvalue weighted by Gasteiger charge is 2.30. The van der Waals surface area contributed by atoms with Crippen molar-refractivity contribution in [3.05, 3.63) is 84.2 Å². The summed E-state index contributed by atoms with van der Waals surface area (Å²) in [6.07, 6.45) is -0.0426. The number of carbonyl (C=O) groups is 3. The lowest BCUT2D eigenvalue weighted by molar-refractivity contribution is -0.158. The van der Waals surface area contributed by atoms with E-state index in [1.165, 1.54) is 26.3 Å². The SMILES string of the molecule is COc1ccnc(C(=O)C[C@@H](C)C(=O)O[C@H](c2ccccc2)[C@H](C)Oc2ccccc2)c1OC(C)=O. The van der Waals surface area contributed by atoms with Gasteiger partial charge in [-0.15, -0.1) is 0 Å². The average molecular weight is 492 g/mol. The Morgan fingerprint density at radius 3 is 2.17 bits per heavy atom. The number of carbonyl (C=O) groups excluding carboxylic acids is 3. The Balaban J connectivity index is 1.76. The molecule has 3 atom stereocenters. The predicted molar refractivity (Wildman–Crippen MR) is 132 cm³/mol. The van der Waals surface area contributed by atoms with E-state index in [1.54, 1.807) is 6.92 Å². The van der Waals surface area contributed by atoms with Crippen molar-refractivity contribution in [3.8, 4) is 17.2 Å². The molecule has 36 heavy (non-hydrogen) atoms. The second-order valence-electron chi connectivity index (χ2n) is 8.22. The minimum absolute atomic E-state index is 0.0786. The molecule has 0 bridgehead atoms. The number of ketones is 1. The molecule has 1 aromatic heterocycles. The number of para-hydroxylation sites is 1. The summed E-state index contributed by atoms with van der Waals surface area (Å²) >= 11 is 0. The van der Waals surface area contributed by atoms with Crippen molar-refractivity contribution in [2.24, 2.45) is 5.92 Å². The van der Waals surface area contributed by atoms with Crippen LogP contribution in [-0.2, 0) is 14.3 Å². The van der Waals surface area contributed by atoms with E-state index in [0.29, 0.717) is 5.75 Å². The van der Waals surface area contributed by atoms with Crippen molar-refractivity contribution in [3.63, 3.8) is 0 Å². The van der Waals surface area contributed by atoms with Gasteiger partial charge in [-0.1, -0.05) is 55.5 Å². The van der Waals surface area contributed by atoms with Crippen molar-refractivity contribution in [1.82, 2.24) is 4.98 Å². The van der Waals surface area contributed by atoms with Crippen LogP contribution in [0.2, 0.25) is 0 Å². The van der Waals surface area contributed by atoms with Crippen molar-refractivity contribution in [2.45, 2.75) is 39.4 Å². The second-order valence-corrected chi connectivity index (χ2v) is 8.22. The van der Waals surface area contributed by atoms with Crippen LogP contribution in [-0.4, -0.2) is 35.9 Å². The zero-order valence-electron chi connectivity index (χ0n) is 20.7. The second kappa shape index (κ2) is 12.5. The fourth-order valence-electron chi connectivity index (χ4n) is 3.58. The maximum Gasteiger partial charge on any atom is 0.309 e. The third-order valence-electron chi connectivity index (χ3n) is 5.35. The number of pyridine rings is 1. The van der Waals surface area contributed by atoms with Gasteiger partial charge in [0, 0.05) is 25.6 Å². The van der Waals surface area contributed by atoms with Gasteiger partial charge in [0.25, 0.3) is 0 Å². The first-order chi connectivity index (χ1) is 17.3. The van der Waals surface area contributed by atoms with Gasteiger partial charge in [0.05, 0.1) is 13.0 Å². The topological polar surface area (TPSA) is 101 Å². The number of benzene rings is 2. The molecule has 0 saturated carbocycles. The lowest BCUT2D eigenvalue weighted by Gasteiger charge is -2.26. The fourth-order valence-corrected chi connectivity index (χ4v) is 3.58. The number of rotatable bonds is 11. The molecular weight excluding hydrogens is 462 g/mol. The smallest absolute Gasteiger partial charge is 0.309 e. The standard InChI is InChI=1S/C28H29NO7/c1-18(17-23(31)25-27(35-20(3)30)24(33-4)15-16-29-25)28(32)36-26(21-11-7-5-8-12-21)19(2)34-22-13-9-6-10-14-22/h5-16,18-19,26H,17H2,1-4H3/t18-,19+,26+/m1/s1. The first kappa shape index (κ1) is 26.4. The van der Waals surface area contributed by atoms with Crippen LogP contribution in [0.15, 0.2) is 72.9 Å². The molecule has 0 radical (unpaired) electrons. The molecule has 0 saturated heterocycles. The van der Waals surface area contributed by atoms with Gasteiger partial charge in [-0.3, -0.25) is 14.4 Å². The molecule has 8 nitrogen and oxygen atoms in total. The maximum absolute atomic E-state index is 13.1. The molecule has 3 rings (SSSR count). The van der Waals surface area contributed by atoms with Crippen molar-refractivity contribution in [2.75, 3.05) is 7.11 Å². The monoisotopic (exact) mass is 491 g/mol. The Labute approximate surface area is 210 Å². The molecule has 2 aromatic carbocycles.